The average Bonchev–Trinajstić information content (AvgIpc) is 2.17. The second kappa shape index (κ2) is 5.20. The van der Waals surface area contributed by atoms with Crippen molar-refractivity contribution in [1.29, 1.82) is 0 Å². The molecule has 0 rings (SSSR count). The molecule has 9 heteroatoms. The summed E-state index contributed by atoms with van der Waals surface area (Å²) in [7, 11) is 0. The summed E-state index contributed by atoms with van der Waals surface area (Å²) in [4.78, 5) is 23.2. The van der Waals surface area contributed by atoms with Crippen molar-refractivity contribution < 1.29 is 27.5 Å². The quantitative estimate of drug-likeness (QED) is 0.176. The minimum atomic E-state index is -4.00. The predicted molar refractivity (Wildman–Crippen MR) is 40.6 cm³/mol. The van der Waals surface area contributed by atoms with E-state index in [0.29, 0.717) is 0 Å². The van der Waals surface area contributed by atoms with Gasteiger partial charge in [-0.2, -0.15) is 0 Å². The molecule has 1 atom stereocenters. The van der Waals surface area contributed by atoms with Gasteiger partial charge >= 0.3 is 11.8 Å². The topological polar surface area (TPSA) is 92.1 Å². The zero-order valence-corrected chi connectivity index (χ0v) is 7.48. The molecular formula is C6H6F3N3O3. The van der Waals surface area contributed by atoms with E-state index in [-0.39, 0.29) is 6.61 Å². The Morgan fingerprint density at radius 1 is 1.60 bits per heavy atom. The van der Waals surface area contributed by atoms with Gasteiger partial charge in [0.1, 0.15) is 0 Å². The predicted octanol–water partition coefficient (Wildman–Crippen LogP) is 1.36. The molecule has 0 aliphatic heterocycles. The second-order valence-electron chi connectivity index (χ2n) is 2.20. The van der Waals surface area contributed by atoms with Gasteiger partial charge in [-0.05, 0) is 17.6 Å². The molecule has 0 radical (unpaired) electrons. The molecule has 0 fully saturated rings. The van der Waals surface area contributed by atoms with Crippen molar-refractivity contribution in [1.82, 2.24) is 0 Å². The molecule has 0 heterocycles. The number of azide groups is 1. The van der Waals surface area contributed by atoms with Gasteiger partial charge in [-0.1, -0.05) is 0 Å². The van der Waals surface area contributed by atoms with Crippen molar-refractivity contribution >= 4 is 11.8 Å². The lowest BCUT2D eigenvalue weighted by Gasteiger charge is -2.15. The lowest BCUT2D eigenvalue weighted by molar-refractivity contribution is -0.166. The summed E-state index contributed by atoms with van der Waals surface area (Å²) in [5, 5.41) is 2.11. The van der Waals surface area contributed by atoms with Crippen LogP contribution in [0.2, 0.25) is 0 Å². The standard InChI is InChI=1S/C6H6F3N3O3/c1-2-15-5(14)6(9,11-12-10)3(13)4(7)8/h4H,2H2,1H3. The van der Waals surface area contributed by atoms with E-state index in [2.05, 4.69) is 9.85 Å². The molecule has 84 valence electrons. The Kier molecular flexibility index (Phi) is 4.59. The highest BCUT2D eigenvalue weighted by atomic mass is 19.3. The van der Waals surface area contributed by atoms with Gasteiger partial charge in [0.15, 0.2) is 0 Å². The Morgan fingerprint density at radius 2 is 2.13 bits per heavy atom. The van der Waals surface area contributed by atoms with E-state index in [0.717, 1.165) is 0 Å². The number of ketones is 1. The SMILES string of the molecule is CCOC(=O)C(F)(N=[N+]=[N-])C(=O)C(F)F. The summed E-state index contributed by atoms with van der Waals surface area (Å²) >= 11 is 0. The van der Waals surface area contributed by atoms with Crippen molar-refractivity contribution in [2.24, 2.45) is 5.11 Å². The van der Waals surface area contributed by atoms with Gasteiger partial charge in [0.05, 0.1) is 6.61 Å². The summed E-state index contributed by atoms with van der Waals surface area (Å²) in [5.41, 5.74) is 7.86. The van der Waals surface area contributed by atoms with Gasteiger partial charge in [0.2, 0.25) is 0 Å². The molecule has 1 unspecified atom stereocenters. The average molecular weight is 225 g/mol. The summed E-state index contributed by atoms with van der Waals surface area (Å²) in [6.07, 6.45) is -3.77. The van der Waals surface area contributed by atoms with E-state index < -0.39 is 24.0 Å². The second-order valence-corrected chi connectivity index (χ2v) is 2.20. The Hall–Kier alpha value is -1.76. The Labute approximate surface area is 81.6 Å². The first-order chi connectivity index (χ1) is 6.90. The minimum absolute atomic E-state index is 0.345. The molecule has 0 aromatic rings. The van der Waals surface area contributed by atoms with E-state index in [4.69, 9.17) is 5.53 Å². The first-order valence-electron chi connectivity index (χ1n) is 3.65. The number of Topliss-reactive ketones (excluding diaryl/α,β-unsaturated/α-hetero) is 1. The monoisotopic (exact) mass is 225 g/mol. The maximum Gasteiger partial charge on any atom is 0.358 e. The van der Waals surface area contributed by atoms with Gasteiger partial charge in [0.25, 0.3) is 12.2 Å². The fourth-order valence-electron chi connectivity index (χ4n) is 0.624. The number of rotatable bonds is 5. The number of hydrogen-bond donors (Lipinski definition) is 0. The highest BCUT2D eigenvalue weighted by Gasteiger charge is 2.51. The third-order valence-electron chi connectivity index (χ3n) is 1.25. The normalized spacial score (nSPS) is 13.9. The summed E-state index contributed by atoms with van der Waals surface area (Å²) in [6.45, 7) is 0.920. The molecule has 0 aromatic heterocycles. The third-order valence-corrected chi connectivity index (χ3v) is 1.25. The number of nitrogens with zero attached hydrogens (tertiary/aromatic N) is 3. The number of hydrogen-bond acceptors (Lipinski definition) is 4. The van der Waals surface area contributed by atoms with Crippen molar-refractivity contribution in [2.45, 2.75) is 19.1 Å². The minimum Gasteiger partial charge on any atom is -0.463 e. The van der Waals surface area contributed by atoms with Crippen molar-refractivity contribution in [3.8, 4) is 0 Å². The van der Waals surface area contributed by atoms with E-state index in [9.17, 15) is 22.8 Å². The zero-order chi connectivity index (χ0) is 12.1. The number of halogens is 3. The first-order valence-corrected chi connectivity index (χ1v) is 3.65. The van der Waals surface area contributed by atoms with Crippen LogP contribution in [0.15, 0.2) is 5.11 Å². The number of carbonyl (C=O) groups excluding carboxylic acids is 2. The van der Waals surface area contributed by atoms with Crippen molar-refractivity contribution in [2.75, 3.05) is 6.61 Å². The number of ether oxygens (including phenoxy) is 1. The maximum absolute atomic E-state index is 13.3. The molecule has 15 heavy (non-hydrogen) atoms. The zero-order valence-electron chi connectivity index (χ0n) is 7.48. The van der Waals surface area contributed by atoms with Crippen molar-refractivity contribution in [3.05, 3.63) is 10.4 Å². The Balaban J connectivity index is 5.14. The van der Waals surface area contributed by atoms with Crippen molar-refractivity contribution in [3.63, 3.8) is 0 Å². The molecule has 0 aromatic carbocycles. The molecule has 0 spiro atoms. The molecule has 0 saturated heterocycles. The van der Waals surface area contributed by atoms with Crippen LogP contribution in [0, 0.1) is 0 Å². The largest absolute Gasteiger partial charge is 0.463 e. The van der Waals surface area contributed by atoms with Gasteiger partial charge in [-0.25, -0.2) is 18.0 Å². The summed E-state index contributed by atoms with van der Waals surface area (Å²) in [6, 6.07) is 0. The molecular weight excluding hydrogens is 219 g/mol. The number of esters is 1. The van der Waals surface area contributed by atoms with Crippen LogP contribution < -0.4 is 0 Å². The van der Waals surface area contributed by atoms with Crippen LogP contribution in [0.25, 0.3) is 10.4 Å². The molecule has 0 N–H and O–H groups in total. The summed E-state index contributed by atoms with van der Waals surface area (Å²) in [5.74, 6) is -8.40. The van der Waals surface area contributed by atoms with Crippen LogP contribution in [0.4, 0.5) is 13.2 Å². The molecule has 6 nitrogen and oxygen atoms in total. The lowest BCUT2D eigenvalue weighted by Crippen LogP contribution is -2.44. The smallest absolute Gasteiger partial charge is 0.358 e. The Morgan fingerprint density at radius 3 is 2.47 bits per heavy atom. The van der Waals surface area contributed by atoms with E-state index >= 15 is 0 Å². The third kappa shape index (κ3) is 2.84. The maximum atomic E-state index is 13.3. The lowest BCUT2D eigenvalue weighted by atomic mass is 10.1. The van der Waals surface area contributed by atoms with Crippen LogP contribution in [0.5, 0.6) is 0 Å². The number of alkyl halides is 3. The van der Waals surface area contributed by atoms with Crippen LogP contribution in [0.1, 0.15) is 6.92 Å². The van der Waals surface area contributed by atoms with Crippen LogP contribution in [-0.4, -0.2) is 30.6 Å². The Bertz CT molecular complexity index is 316. The molecule has 0 saturated carbocycles. The fourth-order valence-corrected chi connectivity index (χ4v) is 0.624. The van der Waals surface area contributed by atoms with Gasteiger partial charge in [0, 0.05) is 4.91 Å². The van der Waals surface area contributed by atoms with E-state index in [1.807, 2.05) is 4.91 Å². The van der Waals surface area contributed by atoms with Crippen LogP contribution in [-0.2, 0) is 14.3 Å². The summed E-state index contributed by atoms with van der Waals surface area (Å²) < 4.78 is 41.0. The van der Waals surface area contributed by atoms with Gasteiger partial charge in [-0.15, -0.1) is 0 Å². The highest BCUT2D eigenvalue weighted by molar-refractivity contribution is 6.08. The highest BCUT2D eigenvalue weighted by Crippen LogP contribution is 2.21. The van der Waals surface area contributed by atoms with E-state index in [1.165, 1.54) is 6.92 Å². The van der Waals surface area contributed by atoms with Gasteiger partial charge < -0.3 is 4.74 Å². The fraction of sp³-hybridized carbons (Fsp3) is 0.667. The molecule has 0 aliphatic rings. The van der Waals surface area contributed by atoms with Crippen LogP contribution >= 0.6 is 0 Å². The molecule has 0 amide bonds. The van der Waals surface area contributed by atoms with Crippen LogP contribution in [0.3, 0.4) is 0 Å². The van der Waals surface area contributed by atoms with E-state index in [1.54, 1.807) is 0 Å². The molecule has 0 aliphatic carbocycles. The number of carbonyl (C=O) groups is 2. The molecule has 0 bridgehead atoms. The van der Waals surface area contributed by atoms with Gasteiger partial charge in [-0.3, -0.25) is 4.79 Å². The first kappa shape index (κ1) is 13.2.